The van der Waals surface area contributed by atoms with Crippen LogP contribution in [0.4, 0.5) is 11.4 Å². The predicted molar refractivity (Wildman–Crippen MR) is 105 cm³/mol. The van der Waals surface area contributed by atoms with Crippen LogP contribution in [-0.4, -0.2) is 47.8 Å². The van der Waals surface area contributed by atoms with Gasteiger partial charge in [-0.2, -0.15) is 0 Å². The quantitative estimate of drug-likeness (QED) is 0.446. The van der Waals surface area contributed by atoms with E-state index in [2.05, 4.69) is 16.3 Å². The number of nitrogens with one attached hydrogen (secondary N) is 1. The summed E-state index contributed by atoms with van der Waals surface area (Å²) >= 11 is 1.34. The number of morpholine rings is 1. The average Bonchev–Trinajstić information content (AvgIpc) is 2.68. The topological polar surface area (TPSA) is 84.7 Å². The van der Waals surface area contributed by atoms with Gasteiger partial charge in [0.2, 0.25) is 5.91 Å². The molecule has 1 fully saturated rings. The number of thioether (sulfide) groups is 1. The van der Waals surface area contributed by atoms with E-state index >= 15 is 0 Å². The lowest BCUT2D eigenvalue weighted by atomic mass is 10.2. The van der Waals surface area contributed by atoms with Gasteiger partial charge in [0.25, 0.3) is 5.69 Å². The molecule has 0 spiro atoms. The summed E-state index contributed by atoms with van der Waals surface area (Å²) in [5.74, 6) is 0.132. The van der Waals surface area contributed by atoms with Crippen LogP contribution in [0.2, 0.25) is 0 Å². The minimum atomic E-state index is -0.439. The second kappa shape index (κ2) is 9.50. The molecular formula is C19H21N3O4S. The van der Waals surface area contributed by atoms with Crippen molar-refractivity contribution in [1.82, 2.24) is 4.90 Å². The van der Waals surface area contributed by atoms with Crippen LogP contribution in [0.3, 0.4) is 0 Å². The fourth-order valence-electron chi connectivity index (χ4n) is 2.77. The van der Waals surface area contributed by atoms with Gasteiger partial charge < -0.3 is 10.1 Å². The summed E-state index contributed by atoms with van der Waals surface area (Å²) in [7, 11) is 0. The third kappa shape index (κ3) is 6.06. The fraction of sp³-hybridized carbons (Fsp3) is 0.316. The van der Waals surface area contributed by atoms with E-state index in [9.17, 15) is 14.9 Å². The Morgan fingerprint density at radius 1 is 1.19 bits per heavy atom. The summed E-state index contributed by atoms with van der Waals surface area (Å²) in [6, 6.07) is 14.0. The first-order chi connectivity index (χ1) is 13.1. The molecule has 1 aliphatic heterocycles. The zero-order valence-corrected chi connectivity index (χ0v) is 15.6. The molecule has 0 saturated carbocycles. The molecule has 0 radical (unpaired) electrons. The van der Waals surface area contributed by atoms with Gasteiger partial charge in [0.1, 0.15) is 0 Å². The predicted octanol–water partition coefficient (Wildman–Crippen LogP) is 3.16. The molecule has 0 bridgehead atoms. The number of nitro benzene ring substituents is 1. The third-order valence-electron chi connectivity index (χ3n) is 4.14. The van der Waals surface area contributed by atoms with Gasteiger partial charge in [-0.05, 0) is 29.8 Å². The van der Waals surface area contributed by atoms with Gasteiger partial charge in [-0.3, -0.25) is 19.8 Å². The van der Waals surface area contributed by atoms with Gasteiger partial charge in [-0.25, -0.2) is 0 Å². The van der Waals surface area contributed by atoms with Crippen molar-refractivity contribution in [1.29, 1.82) is 0 Å². The van der Waals surface area contributed by atoms with Gasteiger partial charge >= 0.3 is 0 Å². The molecule has 1 aliphatic rings. The number of rotatable bonds is 7. The van der Waals surface area contributed by atoms with Gasteiger partial charge in [0, 0.05) is 42.3 Å². The minimum Gasteiger partial charge on any atom is -0.379 e. The van der Waals surface area contributed by atoms with E-state index in [-0.39, 0.29) is 17.3 Å². The van der Waals surface area contributed by atoms with Crippen LogP contribution in [-0.2, 0) is 16.1 Å². The molecule has 1 saturated heterocycles. The Labute approximate surface area is 161 Å². The van der Waals surface area contributed by atoms with Crippen LogP contribution in [0.5, 0.6) is 0 Å². The first kappa shape index (κ1) is 19.3. The summed E-state index contributed by atoms with van der Waals surface area (Å²) < 4.78 is 5.36. The Hall–Kier alpha value is -2.42. The van der Waals surface area contributed by atoms with Crippen molar-refractivity contribution in [3.63, 3.8) is 0 Å². The van der Waals surface area contributed by atoms with Crippen molar-refractivity contribution < 1.29 is 14.5 Å². The number of non-ortho nitro benzene ring substituents is 1. The molecule has 1 N–H and O–H groups in total. The third-order valence-corrected chi connectivity index (χ3v) is 5.15. The van der Waals surface area contributed by atoms with Crippen molar-refractivity contribution in [3.8, 4) is 0 Å². The van der Waals surface area contributed by atoms with E-state index in [1.54, 1.807) is 12.1 Å². The number of ether oxygens (including phenoxy) is 1. The number of hydrogen-bond acceptors (Lipinski definition) is 6. The lowest BCUT2D eigenvalue weighted by Crippen LogP contribution is -2.35. The van der Waals surface area contributed by atoms with Crippen LogP contribution in [0.25, 0.3) is 0 Å². The summed E-state index contributed by atoms with van der Waals surface area (Å²) in [5, 5.41) is 13.6. The normalized spacial score (nSPS) is 14.7. The number of hydrogen-bond donors (Lipinski definition) is 1. The average molecular weight is 387 g/mol. The highest BCUT2D eigenvalue weighted by Crippen LogP contribution is 2.22. The molecule has 3 rings (SSSR count). The van der Waals surface area contributed by atoms with Gasteiger partial charge in [-0.15, -0.1) is 11.8 Å². The molecule has 2 aromatic rings. The van der Waals surface area contributed by atoms with Crippen molar-refractivity contribution in [2.24, 2.45) is 0 Å². The molecule has 0 aromatic heterocycles. The van der Waals surface area contributed by atoms with E-state index in [0.29, 0.717) is 0 Å². The van der Waals surface area contributed by atoms with Crippen LogP contribution >= 0.6 is 11.8 Å². The second-order valence-corrected chi connectivity index (χ2v) is 7.23. The number of anilines is 1. The van der Waals surface area contributed by atoms with Crippen LogP contribution in [0.1, 0.15) is 5.56 Å². The number of nitrogens with zero attached hydrogens (tertiary/aromatic N) is 2. The Morgan fingerprint density at radius 2 is 1.93 bits per heavy atom. The van der Waals surface area contributed by atoms with Crippen molar-refractivity contribution in [2.45, 2.75) is 11.4 Å². The zero-order valence-electron chi connectivity index (χ0n) is 14.8. The molecule has 7 nitrogen and oxygen atoms in total. The van der Waals surface area contributed by atoms with Gasteiger partial charge in [0.05, 0.1) is 23.9 Å². The van der Waals surface area contributed by atoms with Crippen molar-refractivity contribution >= 4 is 29.0 Å². The Kier molecular flexibility index (Phi) is 6.80. The molecule has 8 heteroatoms. The Bertz CT molecular complexity index is 792. The van der Waals surface area contributed by atoms with Crippen LogP contribution < -0.4 is 5.32 Å². The lowest BCUT2D eigenvalue weighted by molar-refractivity contribution is -0.384. The molecule has 2 aromatic carbocycles. The van der Waals surface area contributed by atoms with E-state index in [4.69, 9.17) is 4.74 Å². The standard InChI is InChI=1S/C19H21N3O4S/c23-19(14-27-18-6-4-17(5-7-18)22(24)25)20-16-3-1-2-15(12-16)13-21-8-10-26-11-9-21/h1-7,12H,8-11,13-14H2,(H,20,23). The zero-order chi connectivity index (χ0) is 19.1. The second-order valence-electron chi connectivity index (χ2n) is 6.18. The molecule has 142 valence electrons. The molecule has 27 heavy (non-hydrogen) atoms. The molecule has 0 aliphatic carbocycles. The maximum Gasteiger partial charge on any atom is 0.269 e. The highest BCUT2D eigenvalue weighted by Gasteiger charge is 2.11. The first-order valence-electron chi connectivity index (χ1n) is 8.66. The van der Waals surface area contributed by atoms with E-state index < -0.39 is 4.92 Å². The SMILES string of the molecule is O=C(CSc1ccc([N+](=O)[O-])cc1)Nc1cccc(CN2CCOCC2)c1. The molecule has 1 amide bonds. The van der Waals surface area contributed by atoms with Crippen molar-refractivity contribution in [3.05, 3.63) is 64.2 Å². The summed E-state index contributed by atoms with van der Waals surface area (Å²) in [6.07, 6.45) is 0. The van der Waals surface area contributed by atoms with E-state index in [1.807, 2.05) is 18.2 Å². The smallest absolute Gasteiger partial charge is 0.269 e. The molecule has 0 unspecified atom stereocenters. The molecule has 1 heterocycles. The minimum absolute atomic E-state index is 0.0425. The fourth-order valence-corrected chi connectivity index (χ4v) is 3.47. The van der Waals surface area contributed by atoms with Crippen molar-refractivity contribution in [2.75, 3.05) is 37.4 Å². The van der Waals surface area contributed by atoms with E-state index in [1.165, 1.54) is 23.9 Å². The van der Waals surface area contributed by atoms with Gasteiger partial charge in [-0.1, -0.05) is 12.1 Å². The number of carbonyl (C=O) groups is 1. The highest BCUT2D eigenvalue weighted by atomic mass is 32.2. The number of benzene rings is 2. The van der Waals surface area contributed by atoms with Crippen LogP contribution in [0.15, 0.2) is 53.4 Å². The highest BCUT2D eigenvalue weighted by molar-refractivity contribution is 8.00. The Balaban J connectivity index is 1.49. The monoisotopic (exact) mass is 387 g/mol. The summed E-state index contributed by atoms with van der Waals surface area (Å²) in [5.41, 5.74) is 1.97. The number of amides is 1. The molecule has 0 atom stereocenters. The first-order valence-corrected chi connectivity index (χ1v) is 9.65. The van der Waals surface area contributed by atoms with E-state index in [0.717, 1.165) is 49.0 Å². The van der Waals surface area contributed by atoms with Crippen LogP contribution in [0, 0.1) is 10.1 Å². The maximum absolute atomic E-state index is 12.2. The largest absolute Gasteiger partial charge is 0.379 e. The summed E-state index contributed by atoms with van der Waals surface area (Å²) in [4.78, 5) is 25.6. The Morgan fingerprint density at radius 3 is 2.63 bits per heavy atom. The van der Waals surface area contributed by atoms with Gasteiger partial charge in [0.15, 0.2) is 0 Å². The number of nitro groups is 1. The lowest BCUT2D eigenvalue weighted by Gasteiger charge is -2.26. The summed E-state index contributed by atoms with van der Waals surface area (Å²) in [6.45, 7) is 4.20. The number of carbonyl (C=O) groups excluding carboxylic acids is 1. The molecular weight excluding hydrogens is 366 g/mol. The maximum atomic E-state index is 12.2.